The average Bonchev–Trinajstić information content (AvgIpc) is 2.37. The molecule has 0 aliphatic carbocycles. The maximum absolute atomic E-state index is 2.31. The number of benzene rings is 1. The molecule has 0 amide bonds. The molecule has 1 aromatic carbocycles. The van der Waals surface area contributed by atoms with Crippen molar-refractivity contribution in [1.82, 2.24) is 0 Å². The van der Waals surface area contributed by atoms with Crippen molar-refractivity contribution in [3.8, 4) is 0 Å². The van der Waals surface area contributed by atoms with Crippen LogP contribution in [0.3, 0.4) is 0 Å². The van der Waals surface area contributed by atoms with Crippen molar-refractivity contribution in [1.29, 1.82) is 0 Å². The summed E-state index contributed by atoms with van der Waals surface area (Å²) in [5.41, 5.74) is 1.30. The van der Waals surface area contributed by atoms with E-state index in [1.54, 1.807) is 0 Å². The highest BCUT2D eigenvalue weighted by Crippen LogP contribution is 2.07. The largest absolute Gasteiger partial charge is 0.321 e. The van der Waals surface area contributed by atoms with Crippen molar-refractivity contribution in [2.45, 2.75) is 20.8 Å². The van der Waals surface area contributed by atoms with Gasteiger partial charge in [0.2, 0.25) is 0 Å². The molecule has 0 heterocycles. The molecule has 0 unspecified atom stereocenters. The van der Waals surface area contributed by atoms with Gasteiger partial charge in [-0.15, -0.1) is 0 Å². The van der Waals surface area contributed by atoms with Crippen LogP contribution in [0.15, 0.2) is 36.4 Å². The Balaban J connectivity index is 2.59. The summed E-state index contributed by atoms with van der Waals surface area (Å²) in [4.78, 5) is 0. The van der Waals surface area contributed by atoms with Crippen molar-refractivity contribution < 1.29 is 4.48 Å². The van der Waals surface area contributed by atoms with E-state index >= 15 is 0 Å². The maximum Gasteiger partial charge on any atom is 0.0976 e. The highest BCUT2D eigenvalue weighted by molar-refractivity contribution is 5.48. The monoisotopic (exact) mass is 218 g/mol. The maximum atomic E-state index is 2.31. The number of hydrogen-bond donors (Lipinski definition) is 0. The van der Waals surface area contributed by atoms with Crippen molar-refractivity contribution in [3.63, 3.8) is 0 Å². The fraction of sp³-hybridized carbons (Fsp3) is 0.467. The summed E-state index contributed by atoms with van der Waals surface area (Å²) in [6.07, 6.45) is 4.54. The highest BCUT2D eigenvalue weighted by atomic mass is 15.3. The van der Waals surface area contributed by atoms with E-state index in [4.69, 9.17) is 0 Å². The molecule has 0 aliphatic rings. The van der Waals surface area contributed by atoms with E-state index < -0.39 is 0 Å². The molecule has 88 valence electrons. The Labute approximate surface area is 100.0 Å². The lowest BCUT2D eigenvalue weighted by Crippen LogP contribution is -2.47. The van der Waals surface area contributed by atoms with Gasteiger partial charge in [-0.2, -0.15) is 0 Å². The minimum atomic E-state index is 1.14. The van der Waals surface area contributed by atoms with Gasteiger partial charge < -0.3 is 4.48 Å². The molecular formula is C15H24N+. The van der Waals surface area contributed by atoms with Crippen LogP contribution in [0, 0.1) is 0 Å². The van der Waals surface area contributed by atoms with Crippen LogP contribution >= 0.6 is 0 Å². The first-order valence-corrected chi connectivity index (χ1v) is 6.33. The predicted molar refractivity (Wildman–Crippen MR) is 72.2 cm³/mol. The molecule has 1 heteroatoms. The molecule has 1 nitrogen and oxygen atoms in total. The van der Waals surface area contributed by atoms with Crippen LogP contribution < -0.4 is 0 Å². The zero-order chi connectivity index (χ0) is 11.9. The lowest BCUT2D eigenvalue weighted by atomic mass is 10.2. The van der Waals surface area contributed by atoms with Crippen LogP contribution in [0.4, 0.5) is 0 Å². The first-order chi connectivity index (χ1) is 7.76. The van der Waals surface area contributed by atoms with E-state index in [0.29, 0.717) is 0 Å². The third-order valence-corrected chi connectivity index (χ3v) is 3.62. The lowest BCUT2D eigenvalue weighted by Gasteiger charge is -2.34. The zero-order valence-electron chi connectivity index (χ0n) is 10.8. The fourth-order valence-corrected chi connectivity index (χ4v) is 2.03. The molecular weight excluding hydrogens is 194 g/mol. The summed E-state index contributed by atoms with van der Waals surface area (Å²) in [6.45, 7) is 11.6. The van der Waals surface area contributed by atoms with Gasteiger partial charge in [0.15, 0.2) is 0 Å². The molecule has 0 radical (unpaired) electrons. The predicted octanol–water partition coefficient (Wildman–Crippen LogP) is 3.58. The van der Waals surface area contributed by atoms with Crippen LogP contribution in [0.1, 0.15) is 26.3 Å². The molecule has 1 rings (SSSR count). The van der Waals surface area contributed by atoms with Crippen LogP contribution in [0.5, 0.6) is 0 Å². The molecule has 0 aromatic heterocycles. The molecule has 0 saturated heterocycles. The second kappa shape index (κ2) is 6.49. The first kappa shape index (κ1) is 13.0. The minimum Gasteiger partial charge on any atom is -0.321 e. The third kappa shape index (κ3) is 3.49. The normalized spacial score (nSPS) is 12.2. The van der Waals surface area contributed by atoms with E-state index in [-0.39, 0.29) is 0 Å². The number of likely N-dealkylation sites (N-methyl/N-ethyl adjacent to an activating group) is 1. The Hall–Kier alpha value is -1.08. The van der Waals surface area contributed by atoms with Crippen molar-refractivity contribution in [2.24, 2.45) is 0 Å². The van der Waals surface area contributed by atoms with Gasteiger partial charge in [-0.3, -0.25) is 0 Å². The van der Waals surface area contributed by atoms with E-state index in [0.717, 1.165) is 6.54 Å². The Bertz CT molecular complexity index is 301. The SMILES string of the molecule is CC[N+](CC)(CC)CC=Cc1ccccc1. The van der Waals surface area contributed by atoms with Crippen molar-refractivity contribution >= 4 is 6.08 Å². The van der Waals surface area contributed by atoms with Gasteiger partial charge in [-0.05, 0) is 32.4 Å². The van der Waals surface area contributed by atoms with E-state index in [1.165, 1.54) is 29.7 Å². The lowest BCUT2D eigenvalue weighted by molar-refractivity contribution is -0.917. The zero-order valence-corrected chi connectivity index (χ0v) is 10.8. The standard InChI is InChI=1S/C15H24N/c1-4-16(5-2,6-3)14-10-13-15-11-8-7-9-12-15/h7-13H,4-6,14H2,1-3H3/q+1. The second-order valence-electron chi connectivity index (χ2n) is 4.29. The minimum absolute atomic E-state index is 1.14. The van der Waals surface area contributed by atoms with Gasteiger partial charge in [-0.25, -0.2) is 0 Å². The number of rotatable bonds is 6. The van der Waals surface area contributed by atoms with Crippen molar-refractivity contribution in [3.05, 3.63) is 42.0 Å². The molecule has 0 N–H and O–H groups in total. The Morgan fingerprint density at radius 3 is 2.00 bits per heavy atom. The Kier molecular flexibility index (Phi) is 5.27. The van der Waals surface area contributed by atoms with E-state index in [9.17, 15) is 0 Å². The van der Waals surface area contributed by atoms with Crippen LogP contribution in [0.2, 0.25) is 0 Å². The topological polar surface area (TPSA) is 0 Å². The molecule has 0 aliphatic heterocycles. The Morgan fingerprint density at radius 1 is 0.938 bits per heavy atom. The third-order valence-electron chi connectivity index (χ3n) is 3.62. The smallest absolute Gasteiger partial charge is 0.0976 e. The summed E-state index contributed by atoms with van der Waals surface area (Å²) >= 11 is 0. The molecule has 1 aromatic rings. The van der Waals surface area contributed by atoms with Crippen LogP contribution in [-0.2, 0) is 0 Å². The Morgan fingerprint density at radius 2 is 1.50 bits per heavy atom. The van der Waals surface area contributed by atoms with Gasteiger partial charge in [0.05, 0.1) is 26.2 Å². The molecule has 0 atom stereocenters. The van der Waals surface area contributed by atoms with E-state index in [1.807, 2.05) is 0 Å². The second-order valence-corrected chi connectivity index (χ2v) is 4.29. The quantitative estimate of drug-likeness (QED) is 0.640. The van der Waals surface area contributed by atoms with Gasteiger partial charge >= 0.3 is 0 Å². The number of quaternary nitrogens is 1. The fourth-order valence-electron chi connectivity index (χ4n) is 2.03. The molecule has 0 spiro atoms. The molecule has 16 heavy (non-hydrogen) atoms. The summed E-state index contributed by atoms with van der Waals surface area (Å²) < 4.78 is 1.18. The van der Waals surface area contributed by atoms with Gasteiger partial charge in [0, 0.05) is 0 Å². The number of hydrogen-bond acceptors (Lipinski definition) is 0. The van der Waals surface area contributed by atoms with E-state index in [2.05, 4.69) is 63.3 Å². The van der Waals surface area contributed by atoms with Gasteiger partial charge in [0.25, 0.3) is 0 Å². The number of nitrogens with zero attached hydrogens (tertiary/aromatic N) is 1. The average molecular weight is 218 g/mol. The highest BCUT2D eigenvalue weighted by Gasteiger charge is 2.17. The van der Waals surface area contributed by atoms with Crippen LogP contribution in [-0.4, -0.2) is 30.7 Å². The van der Waals surface area contributed by atoms with Gasteiger partial charge in [-0.1, -0.05) is 36.4 Å². The summed E-state index contributed by atoms with van der Waals surface area (Å²) in [6, 6.07) is 10.5. The summed E-state index contributed by atoms with van der Waals surface area (Å²) in [5, 5.41) is 0. The molecule has 0 bridgehead atoms. The van der Waals surface area contributed by atoms with Crippen LogP contribution in [0.25, 0.3) is 6.08 Å². The molecule has 0 fully saturated rings. The van der Waals surface area contributed by atoms with Gasteiger partial charge in [0.1, 0.15) is 0 Å². The summed E-state index contributed by atoms with van der Waals surface area (Å²) in [5.74, 6) is 0. The first-order valence-electron chi connectivity index (χ1n) is 6.33. The molecule has 0 saturated carbocycles. The summed E-state index contributed by atoms with van der Waals surface area (Å²) in [7, 11) is 0. The van der Waals surface area contributed by atoms with Crippen molar-refractivity contribution in [2.75, 3.05) is 26.2 Å².